The standard InChI is InChI=1S/C15H19F3N2O.ClH/c16-15(17,18)21-13-4-2-1-3-12(13)9-20-8-6-14(11-20)5-7-19-10-14;/h1-4,19H,5-11H2;1H. The van der Waals surface area contributed by atoms with Gasteiger partial charge in [0.05, 0.1) is 0 Å². The second kappa shape index (κ2) is 6.64. The molecule has 0 aliphatic carbocycles. The van der Waals surface area contributed by atoms with Crippen LogP contribution < -0.4 is 10.1 Å². The van der Waals surface area contributed by atoms with Gasteiger partial charge in [-0.15, -0.1) is 25.6 Å². The van der Waals surface area contributed by atoms with Crippen LogP contribution in [0, 0.1) is 5.41 Å². The fourth-order valence-corrected chi connectivity index (χ4v) is 3.41. The Kier molecular flexibility index (Phi) is 5.25. The second-order valence-electron chi connectivity index (χ2n) is 6.04. The van der Waals surface area contributed by atoms with E-state index >= 15 is 0 Å². The predicted molar refractivity (Wildman–Crippen MR) is 80.2 cm³/mol. The lowest BCUT2D eigenvalue weighted by Gasteiger charge is -2.23. The molecule has 3 nitrogen and oxygen atoms in total. The van der Waals surface area contributed by atoms with Crippen molar-refractivity contribution in [3.05, 3.63) is 29.8 Å². The Labute approximate surface area is 134 Å². The summed E-state index contributed by atoms with van der Waals surface area (Å²) in [6.07, 6.45) is -2.37. The first-order valence-electron chi connectivity index (χ1n) is 7.23. The number of ether oxygens (including phenoxy) is 1. The van der Waals surface area contributed by atoms with Crippen molar-refractivity contribution in [1.29, 1.82) is 0 Å². The summed E-state index contributed by atoms with van der Waals surface area (Å²) in [7, 11) is 0. The van der Waals surface area contributed by atoms with Gasteiger partial charge >= 0.3 is 6.36 Å². The Morgan fingerprint density at radius 3 is 2.68 bits per heavy atom. The average molecular weight is 337 g/mol. The van der Waals surface area contributed by atoms with Crippen molar-refractivity contribution in [2.75, 3.05) is 26.2 Å². The van der Waals surface area contributed by atoms with Crippen LogP contribution in [0.3, 0.4) is 0 Å². The average Bonchev–Trinajstić information content (AvgIpc) is 3.01. The normalized spacial score (nSPS) is 25.4. The molecule has 1 aromatic carbocycles. The second-order valence-corrected chi connectivity index (χ2v) is 6.04. The van der Waals surface area contributed by atoms with E-state index in [-0.39, 0.29) is 18.2 Å². The molecule has 124 valence electrons. The van der Waals surface area contributed by atoms with E-state index in [1.807, 2.05) is 0 Å². The number of likely N-dealkylation sites (tertiary alicyclic amines) is 1. The van der Waals surface area contributed by atoms with Crippen molar-refractivity contribution >= 4 is 12.4 Å². The van der Waals surface area contributed by atoms with Crippen LogP contribution in [-0.4, -0.2) is 37.4 Å². The Bertz CT molecular complexity index is 504. The van der Waals surface area contributed by atoms with Crippen LogP contribution >= 0.6 is 12.4 Å². The zero-order chi connectivity index (χ0) is 14.9. The first-order chi connectivity index (χ1) is 9.96. The molecule has 1 aromatic rings. The Balaban J connectivity index is 0.00000176. The van der Waals surface area contributed by atoms with Crippen molar-refractivity contribution in [1.82, 2.24) is 10.2 Å². The highest BCUT2D eigenvalue weighted by Gasteiger charge is 2.40. The molecule has 1 atom stereocenters. The molecule has 22 heavy (non-hydrogen) atoms. The third-order valence-electron chi connectivity index (χ3n) is 4.44. The van der Waals surface area contributed by atoms with Gasteiger partial charge in [0.2, 0.25) is 0 Å². The van der Waals surface area contributed by atoms with Crippen molar-refractivity contribution in [3.63, 3.8) is 0 Å². The minimum absolute atomic E-state index is 0. The SMILES string of the molecule is Cl.FC(F)(F)Oc1ccccc1CN1CCC2(CCNC2)C1. The van der Waals surface area contributed by atoms with E-state index in [1.54, 1.807) is 18.2 Å². The number of halogens is 4. The summed E-state index contributed by atoms with van der Waals surface area (Å²) in [6.45, 7) is 4.45. The lowest BCUT2D eigenvalue weighted by molar-refractivity contribution is -0.275. The summed E-state index contributed by atoms with van der Waals surface area (Å²) in [5.41, 5.74) is 0.914. The lowest BCUT2D eigenvalue weighted by Crippen LogP contribution is -2.29. The molecule has 2 fully saturated rings. The van der Waals surface area contributed by atoms with E-state index in [4.69, 9.17) is 0 Å². The van der Waals surface area contributed by atoms with Gasteiger partial charge in [-0.05, 0) is 37.4 Å². The number of benzene rings is 1. The highest BCUT2D eigenvalue weighted by Crippen LogP contribution is 2.37. The molecule has 2 aliphatic rings. The quantitative estimate of drug-likeness (QED) is 0.917. The number of nitrogens with zero attached hydrogens (tertiary/aromatic N) is 1. The maximum absolute atomic E-state index is 12.4. The smallest absolute Gasteiger partial charge is 0.405 e. The number of para-hydroxylation sites is 1. The molecule has 0 bridgehead atoms. The largest absolute Gasteiger partial charge is 0.573 e. The Morgan fingerprint density at radius 2 is 2.00 bits per heavy atom. The molecule has 1 spiro atoms. The van der Waals surface area contributed by atoms with Crippen LogP contribution in [0.5, 0.6) is 5.75 Å². The third-order valence-corrected chi connectivity index (χ3v) is 4.44. The highest BCUT2D eigenvalue weighted by molar-refractivity contribution is 5.85. The maximum atomic E-state index is 12.4. The van der Waals surface area contributed by atoms with Gasteiger partial charge < -0.3 is 10.1 Å². The number of nitrogens with one attached hydrogen (secondary N) is 1. The molecule has 2 heterocycles. The molecule has 0 amide bonds. The van der Waals surface area contributed by atoms with E-state index in [2.05, 4.69) is 15.0 Å². The van der Waals surface area contributed by atoms with E-state index < -0.39 is 6.36 Å². The Hall–Kier alpha value is -0.980. The number of rotatable bonds is 3. The summed E-state index contributed by atoms with van der Waals surface area (Å²) in [4.78, 5) is 2.23. The van der Waals surface area contributed by atoms with Gasteiger partial charge in [-0.3, -0.25) is 4.90 Å². The van der Waals surface area contributed by atoms with Crippen molar-refractivity contribution < 1.29 is 17.9 Å². The molecule has 7 heteroatoms. The number of hydrogen-bond acceptors (Lipinski definition) is 3. The topological polar surface area (TPSA) is 24.5 Å². The minimum atomic E-state index is -4.64. The maximum Gasteiger partial charge on any atom is 0.573 e. The monoisotopic (exact) mass is 336 g/mol. The van der Waals surface area contributed by atoms with Crippen molar-refractivity contribution in [3.8, 4) is 5.75 Å². The summed E-state index contributed by atoms with van der Waals surface area (Å²) >= 11 is 0. The highest BCUT2D eigenvalue weighted by atomic mass is 35.5. The van der Waals surface area contributed by atoms with Crippen LogP contribution in [-0.2, 0) is 6.54 Å². The van der Waals surface area contributed by atoms with Gasteiger partial charge in [-0.25, -0.2) is 0 Å². The van der Waals surface area contributed by atoms with Crippen LogP contribution in [0.25, 0.3) is 0 Å². The van der Waals surface area contributed by atoms with Crippen molar-refractivity contribution in [2.45, 2.75) is 25.7 Å². The molecular weight excluding hydrogens is 317 g/mol. The van der Waals surface area contributed by atoms with E-state index in [0.29, 0.717) is 17.5 Å². The number of alkyl halides is 3. The van der Waals surface area contributed by atoms with Gasteiger partial charge in [-0.1, -0.05) is 18.2 Å². The summed E-state index contributed by atoms with van der Waals surface area (Å²) in [5, 5.41) is 3.38. The molecule has 0 aromatic heterocycles. The van der Waals surface area contributed by atoms with E-state index in [9.17, 15) is 13.2 Å². The van der Waals surface area contributed by atoms with Gasteiger partial charge in [0.15, 0.2) is 0 Å². The molecule has 2 aliphatic heterocycles. The minimum Gasteiger partial charge on any atom is -0.405 e. The van der Waals surface area contributed by atoms with Gasteiger partial charge in [-0.2, -0.15) is 0 Å². The molecule has 2 saturated heterocycles. The molecule has 3 rings (SSSR count). The molecule has 0 saturated carbocycles. The first kappa shape index (κ1) is 17.4. The van der Waals surface area contributed by atoms with Gasteiger partial charge in [0, 0.05) is 25.2 Å². The third kappa shape index (κ3) is 4.06. The fourth-order valence-electron chi connectivity index (χ4n) is 3.41. The predicted octanol–water partition coefficient (Wildman–Crippen LogP) is 3.19. The zero-order valence-electron chi connectivity index (χ0n) is 12.2. The lowest BCUT2D eigenvalue weighted by atomic mass is 9.86. The van der Waals surface area contributed by atoms with Crippen LogP contribution in [0.4, 0.5) is 13.2 Å². The van der Waals surface area contributed by atoms with Gasteiger partial charge in [0.1, 0.15) is 5.75 Å². The molecule has 1 unspecified atom stereocenters. The molecular formula is C15H20ClF3N2O. The summed E-state index contributed by atoms with van der Waals surface area (Å²) in [6, 6.07) is 6.41. The zero-order valence-corrected chi connectivity index (χ0v) is 13.0. The summed E-state index contributed by atoms with van der Waals surface area (Å²) < 4.78 is 41.4. The number of hydrogen-bond donors (Lipinski definition) is 1. The van der Waals surface area contributed by atoms with E-state index in [1.165, 1.54) is 6.07 Å². The molecule has 1 N–H and O–H groups in total. The Morgan fingerprint density at radius 1 is 1.23 bits per heavy atom. The summed E-state index contributed by atoms with van der Waals surface area (Å²) in [5.74, 6) is -0.0875. The fraction of sp³-hybridized carbons (Fsp3) is 0.600. The molecule has 0 radical (unpaired) electrons. The van der Waals surface area contributed by atoms with Crippen LogP contribution in [0.1, 0.15) is 18.4 Å². The van der Waals surface area contributed by atoms with Crippen molar-refractivity contribution in [2.24, 2.45) is 5.41 Å². The van der Waals surface area contributed by atoms with Crippen LogP contribution in [0.2, 0.25) is 0 Å². The van der Waals surface area contributed by atoms with E-state index in [0.717, 1.165) is 39.0 Å². The van der Waals surface area contributed by atoms with Crippen LogP contribution in [0.15, 0.2) is 24.3 Å². The van der Waals surface area contributed by atoms with Gasteiger partial charge in [0.25, 0.3) is 0 Å². The first-order valence-corrected chi connectivity index (χ1v) is 7.23.